The average Bonchev–Trinajstić information content (AvgIpc) is 2.84. The molecule has 2 heterocycles. The van der Waals surface area contributed by atoms with Crippen molar-refractivity contribution in [1.29, 1.82) is 0 Å². The fourth-order valence-electron chi connectivity index (χ4n) is 2.12. The second-order valence-electron chi connectivity index (χ2n) is 4.85. The van der Waals surface area contributed by atoms with Crippen LogP contribution in [0, 0.1) is 6.92 Å². The monoisotopic (exact) mass is 302 g/mol. The Hall–Kier alpha value is -2.41. The molecule has 3 rings (SSSR count). The summed E-state index contributed by atoms with van der Waals surface area (Å²) in [4.78, 5) is 11.0. The first-order valence-electron chi connectivity index (χ1n) is 6.37. The van der Waals surface area contributed by atoms with Crippen LogP contribution in [0.1, 0.15) is 11.1 Å². The number of imidazole rings is 1. The standard InChI is InChI=1S/C14H14N4O2S/c1-10-3-2-4-11(5-10)8-21(19,20)18-12-6-13-14(15-7-12)17-9-16-13/h2-7,9,18H,8H2,1H3,(H,15,16,17). The number of benzene rings is 1. The van der Waals surface area contributed by atoms with Gasteiger partial charge in [-0.15, -0.1) is 0 Å². The first-order valence-corrected chi connectivity index (χ1v) is 8.02. The number of nitrogens with one attached hydrogen (secondary N) is 2. The number of fused-ring (bicyclic) bond motifs is 1. The van der Waals surface area contributed by atoms with Crippen molar-refractivity contribution < 1.29 is 8.42 Å². The number of pyridine rings is 1. The van der Waals surface area contributed by atoms with E-state index in [-0.39, 0.29) is 5.75 Å². The van der Waals surface area contributed by atoms with Gasteiger partial charge in [-0.2, -0.15) is 0 Å². The van der Waals surface area contributed by atoms with Crippen LogP contribution in [0.5, 0.6) is 0 Å². The Balaban J connectivity index is 1.82. The second kappa shape index (κ2) is 5.17. The number of rotatable bonds is 4. The van der Waals surface area contributed by atoms with Gasteiger partial charge in [0, 0.05) is 0 Å². The second-order valence-corrected chi connectivity index (χ2v) is 6.57. The lowest BCUT2D eigenvalue weighted by molar-refractivity contribution is 0.600. The summed E-state index contributed by atoms with van der Waals surface area (Å²) in [6, 6.07) is 9.10. The van der Waals surface area contributed by atoms with Gasteiger partial charge >= 0.3 is 0 Å². The van der Waals surface area contributed by atoms with Gasteiger partial charge in [0.05, 0.1) is 29.5 Å². The lowest BCUT2D eigenvalue weighted by Crippen LogP contribution is -2.15. The van der Waals surface area contributed by atoms with E-state index in [1.807, 2.05) is 25.1 Å². The maximum atomic E-state index is 12.2. The molecule has 6 nitrogen and oxygen atoms in total. The molecule has 0 radical (unpaired) electrons. The molecule has 0 atom stereocenters. The zero-order valence-electron chi connectivity index (χ0n) is 11.4. The van der Waals surface area contributed by atoms with Crippen LogP contribution < -0.4 is 4.72 Å². The number of nitrogens with zero attached hydrogens (tertiary/aromatic N) is 2. The van der Waals surface area contributed by atoms with Crippen molar-refractivity contribution in [3.8, 4) is 0 Å². The maximum absolute atomic E-state index is 12.2. The van der Waals surface area contributed by atoms with Gasteiger partial charge in [0.25, 0.3) is 0 Å². The first-order chi connectivity index (χ1) is 10.0. The van der Waals surface area contributed by atoms with Gasteiger partial charge in [-0.05, 0) is 18.6 Å². The lowest BCUT2D eigenvalue weighted by Gasteiger charge is -2.08. The Kier molecular flexibility index (Phi) is 3.34. The summed E-state index contributed by atoms with van der Waals surface area (Å²) in [5.41, 5.74) is 3.43. The summed E-state index contributed by atoms with van der Waals surface area (Å²) >= 11 is 0. The van der Waals surface area contributed by atoms with Crippen LogP contribution in [0.15, 0.2) is 42.9 Å². The van der Waals surface area contributed by atoms with Crippen LogP contribution in [-0.2, 0) is 15.8 Å². The van der Waals surface area contributed by atoms with Crippen LogP contribution in [0.2, 0.25) is 0 Å². The average molecular weight is 302 g/mol. The highest BCUT2D eigenvalue weighted by molar-refractivity contribution is 7.91. The van der Waals surface area contributed by atoms with Gasteiger partial charge in [0.15, 0.2) is 5.65 Å². The number of aryl methyl sites for hydroxylation is 1. The number of aromatic amines is 1. The van der Waals surface area contributed by atoms with Gasteiger partial charge < -0.3 is 4.98 Å². The smallest absolute Gasteiger partial charge is 0.236 e. The molecule has 0 amide bonds. The Morgan fingerprint density at radius 3 is 2.90 bits per heavy atom. The van der Waals surface area contributed by atoms with Gasteiger partial charge in [-0.25, -0.2) is 18.4 Å². The van der Waals surface area contributed by atoms with Gasteiger partial charge in [0.2, 0.25) is 10.0 Å². The van der Waals surface area contributed by atoms with E-state index >= 15 is 0 Å². The number of hydrogen-bond donors (Lipinski definition) is 2. The third-order valence-electron chi connectivity index (χ3n) is 2.99. The van der Waals surface area contributed by atoms with Crippen LogP contribution in [0.25, 0.3) is 11.2 Å². The molecule has 0 saturated heterocycles. The van der Waals surface area contributed by atoms with Crippen molar-refractivity contribution in [3.63, 3.8) is 0 Å². The van der Waals surface area contributed by atoms with Gasteiger partial charge in [0.1, 0.15) is 0 Å². The molecule has 0 fully saturated rings. The minimum atomic E-state index is -3.48. The Morgan fingerprint density at radius 2 is 2.10 bits per heavy atom. The molecule has 108 valence electrons. The third-order valence-corrected chi connectivity index (χ3v) is 4.25. The minimum absolute atomic E-state index is 0.0737. The molecule has 3 aromatic rings. The van der Waals surface area contributed by atoms with Crippen molar-refractivity contribution in [3.05, 3.63) is 54.0 Å². The summed E-state index contributed by atoms with van der Waals surface area (Å²) in [6.07, 6.45) is 2.97. The minimum Gasteiger partial charge on any atom is -0.343 e. The van der Waals surface area contributed by atoms with E-state index in [0.717, 1.165) is 11.1 Å². The predicted octanol–water partition coefficient (Wildman–Crippen LogP) is 2.21. The van der Waals surface area contributed by atoms with Crippen molar-refractivity contribution in [2.24, 2.45) is 0 Å². The van der Waals surface area contributed by atoms with E-state index in [4.69, 9.17) is 0 Å². The van der Waals surface area contributed by atoms with Crippen molar-refractivity contribution in [2.45, 2.75) is 12.7 Å². The maximum Gasteiger partial charge on any atom is 0.236 e. The predicted molar refractivity (Wildman–Crippen MR) is 81.3 cm³/mol. The van der Waals surface area contributed by atoms with Crippen molar-refractivity contribution in [2.75, 3.05) is 4.72 Å². The first kappa shape index (κ1) is 13.6. The summed E-state index contributed by atoms with van der Waals surface area (Å²) < 4.78 is 26.9. The quantitative estimate of drug-likeness (QED) is 0.773. The topological polar surface area (TPSA) is 87.7 Å². The molecule has 0 aliphatic carbocycles. The number of hydrogen-bond acceptors (Lipinski definition) is 4. The van der Waals surface area contributed by atoms with E-state index in [1.54, 1.807) is 12.1 Å². The van der Waals surface area contributed by atoms with Crippen molar-refractivity contribution >= 4 is 26.9 Å². The number of sulfonamides is 1. The molecule has 7 heteroatoms. The zero-order chi connectivity index (χ0) is 14.9. The molecule has 0 saturated carbocycles. The molecule has 21 heavy (non-hydrogen) atoms. The molecular formula is C14H14N4O2S. The molecule has 0 spiro atoms. The van der Waals surface area contributed by atoms with E-state index < -0.39 is 10.0 Å². The van der Waals surface area contributed by atoms with E-state index in [1.165, 1.54) is 12.5 Å². The zero-order valence-corrected chi connectivity index (χ0v) is 12.2. The van der Waals surface area contributed by atoms with Crippen LogP contribution in [0.3, 0.4) is 0 Å². The summed E-state index contributed by atoms with van der Waals surface area (Å²) in [5.74, 6) is -0.0737. The SMILES string of the molecule is Cc1cccc(CS(=O)(=O)Nc2cnc3nc[nH]c3c2)c1. The highest BCUT2D eigenvalue weighted by Gasteiger charge is 2.12. The molecule has 0 aliphatic rings. The molecule has 0 unspecified atom stereocenters. The number of H-pyrrole nitrogens is 1. The Bertz CT molecular complexity index is 887. The normalized spacial score (nSPS) is 11.7. The molecule has 0 bridgehead atoms. The molecule has 1 aromatic carbocycles. The van der Waals surface area contributed by atoms with E-state index in [9.17, 15) is 8.42 Å². The van der Waals surface area contributed by atoms with Crippen LogP contribution >= 0.6 is 0 Å². The van der Waals surface area contributed by atoms with Crippen molar-refractivity contribution in [1.82, 2.24) is 15.0 Å². The van der Waals surface area contributed by atoms with Crippen LogP contribution in [0.4, 0.5) is 5.69 Å². The fourth-order valence-corrected chi connectivity index (χ4v) is 3.28. The van der Waals surface area contributed by atoms with Gasteiger partial charge in [-0.1, -0.05) is 29.8 Å². The number of anilines is 1. The Morgan fingerprint density at radius 1 is 1.24 bits per heavy atom. The fraction of sp³-hybridized carbons (Fsp3) is 0.143. The Labute approximate surface area is 122 Å². The molecule has 2 N–H and O–H groups in total. The molecule has 0 aliphatic heterocycles. The molecule has 2 aromatic heterocycles. The number of aromatic nitrogens is 3. The summed E-state index contributed by atoms with van der Waals surface area (Å²) in [6.45, 7) is 1.93. The van der Waals surface area contributed by atoms with E-state index in [0.29, 0.717) is 16.9 Å². The van der Waals surface area contributed by atoms with E-state index in [2.05, 4.69) is 19.7 Å². The summed E-state index contributed by atoms with van der Waals surface area (Å²) in [7, 11) is -3.48. The summed E-state index contributed by atoms with van der Waals surface area (Å²) in [5, 5.41) is 0. The highest BCUT2D eigenvalue weighted by Crippen LogP contribution is 2.16. The van der Waals surface area contributed by atoms with Crippen LogP contribution in [-0.4, -0.2) is 23.4 Å². The lowest BCUT2D eigenvalue weighted by atomic mass is 10.2. The van der Waals surface area contributed by atoms with Gasteiger partial charge in [-0.3, -0.25) is 4.72 Å². The largest absolute Gasteiger partial charge is 0.343 e. The third kappa shape index (κ3) is 3.19. The highest BCUT2D eigenvalue weighted by atomic mass is 32.2. The molecular weight excluding hydrogens is 288 g/mol.